The van der Waals surface area contributed by atoms with Gasteiger partial charge in [-0.3, -0.25) is 5.10 Å². The summed E-state index contributed by atoms with van der Waals surface area (Å²) < 4.78 is 0. The van der Waals surface area contributed by atoms with Crippen LogP contribution in [-0.4, -0.2) is 16.2 Å². The molecule has 0 saturated heterocycles. The molecule has 16 heavy (non-hydrogen) atoms. The zero-order valence-corrected chi connectivity index (χ0v) is 10.6. The molecule has 1 saturated carbocycles. The van der Waals surface area contributed by atoms with Crippen LogP contribution in [0.3, 0.4) is 0 Å². The molecule has 2 N–H and O–H groups in total. The van der Waals surface area contributed by atoms with E-state index >= 15 is 0 Å². The Morgan fingerprint density at radius 1 is 1.38 bits per heavy atom. The van der Waals surface area contributed by atoms with Crippen molar-refractivity contribution in [2.75, 3.05) is 5.32 Å². The van der Waals surface area contributed by atoms with Gasteiger partial charge in [0.2, 0.25) is 0 Å². The lowest BCUT2D eigenvalue weighted by Crippen LogP contribution is -2.16. The van der Waals surface area contributed by atoms with Gasteiger partial charge in [-0.25, -0.2) is 0 Å². The maximum atomic E-state index is 4.36. The van der Waals surface area contributed by atoms with Crippen molar-refractivity contribution in [3.8, 4) is 0 Å². The molecule has 1 heterocycles. The summed E-state index contributed by atoms with van der Waals surface area (Å²) in [5.41, 5.74) is 2.55. The molecule has 2 atom stereocenters. The van der Waals surface area contributed by atoms with Crippen molar-refractivity contribution >= 4 is 5.82 Å². The first-order valence-corrected chi connectivity index (χ1v) is 6.54. The quantitative estimate of drug-likeness (QED) is 0.819. The van der Waals surface area contributed by atoms with E-state index in [1.807, 2.05) is 0 Å². The molecule has 0 bridgehead atoms. The topological polar surface area (TPSA) is 40.7 Å². The number of H-pyrrole nitrogens is 1. The Morgan fingerprint density at radius 3 is 2.75 bits per heavy atom. The smallest absolute Gasteiger partial charge is 0.151 e. The normalized spacial score (nSPS) is 24.9. The van der Waals surface area contributed by atoms with Crippen molar-refractivity contribution in [1.29, 1.82) is 0 Å². The van der Waals surface area contributed by atoms with Gasteiger partial charge in [0, 0.05) is 17.3 Å². The summed E-state index contributed by atoms with van der Waals surface area (Å²) in [6.07, 6.45) is 6.33. The van der Waals surface area contributed by atoms with Gasteiger partial charge >= 0.3 is 0 Å². The molecule has 0 aliphatic heterocycles. The number of aryl methyl sites for hydroxylation is 1. The van der Waals surface area contributed by atoms with Crippen molar-refractivity contribution in [2.24, 2.45) is 5.92 Å². The average Bonchev–Trinajstić information content (AvgIpc) is 2.88. The van der Waals surface area contributed by atoms with Crippen LogP contribution in [0.5, 0.6) is 0 Å². The largest absolute Gasteiger partial charge is 0.366 e. The molecule has 2 rings (SSSR count). The fraction of sp³-hybridized carbons (Fsp3) is 0.769. The first-order chi connectivity index (χ1) is 7.74. The average molecular weight is 221 g/mol. The molecule has 0 amide bonds. The fourth-order valence-corrected chi connectivity index (χ4v) is 2.69. The summed E-state index contributed by atoms with van der Waals surface area (Å²) in [6.45, 7) is 6.60. The van der Waals surface area contributed by atoms with Gasteiger partial charge in [0.05, 0.1) is 0 Å². The van der Waals surface area contributed by atoms with Crippen LogP contribution in [-0.2, 0) is 6.42 Å². The Kier molecular flexibility index (Phi) is 3.52. The van der Waals surface area contributed by atoms with E-state index in [9.17, 15) is 0 Å². The van der Waals surface area contributed by atoms with Crippen molar-refractivity contribution in [3.63, 3.8) is 0 Å². The minimum Gasteiger partial charge on any atom is -0.366 e. The lowest BCUT2D eigenvalue weighted by molar-refractivity contribution is 0.524. The summed E-state index contributed by atoms with van der Waals surface area (Å²) >= 11 is 0. The molecule has 0 spiro atoms. The van der Waals surface area contributed by atoms with E-state index < -0.39 is 0 Å². The Hall–Kier alpha value is -0.990. The van der Waals surface area contributed by atoms with E-state index in [-0.39, 0.29) is 0 Å². The van der Waals surface area contributed by atoms with E-state index in [1.165, 1.54) is 36.9 Å². The predicted octanol–water partition coefficient (Wildman–Crippen LogP) is 3.27. The molecule has 0 radical (unpaired) electrons. The highest BCUT2D eigenvalue weighted by Gasteiger charge is 2.24. The van der Waals surface area contributed by atoms with E-state index in [0.29, 0.717) is 6.04 Å². The molecular weight excluding hydrogens is 198 g/mol. The Bertz CT molecular complexity index is 343. The molecule has 1 aromatic rings. The van der Waals surface area contributed by atoms with Crippen molar-refractivity contribution in [2.45, 2.75) is 58.9 Å². The van der Waals surface area contributed by atoms with Crippen molar-refractivity contribution < 1.29 is 0 Å². The second-order valence-corrected chi connectivity index (χ2v) is 4.96. The van der Waals surface area contributed by atoms with Gasteiger partial charge in [0.15, 0.2) is 5.82 Å². The van der Waals surface area contributed by atoms with E-state index in [0.717, 1.165) is 18.2 Å². The number of nitrogens with zero attached hydrogens (tertiary/aromatic N) is 1. The highest BCUT2D eigenvalue weighted by molar-refractivity contribution is 5.46. The summed E-state index contributed by atoms with van der Waals surface area (Å²) in [6, 6.07) is 0.636. The molecule has 1 fully saturated rings. The summed E-state index contributed by atoms with van der Waals surface area (Å²) in [5.74, 6) is 1.99. The van der Waals surface area contributed by atoms with E-state index in [1.54, 1.807) is 0 Å². The standard InChI is InChI=1S/C13H23N3/c1-4-10-6-7-11(8-10)14-13-9(3)12(5-2)15-16-13/h10-11H,4-8H2,1-3H3,(H2,14,15,16). The van der Waals surface area contributed by atoms with Crippen LogP contribution in [0.2, 0.25) is 0 Å². The number of hydrogen-bond acceptors (Lipinski definition) is 2. The van der Waals surface area contributed by atoms with Crippen LogP contribution in [0, 0.1) is 12.8 Å². The molecule has 90 valence electrons. The Balaban J connectivity index is 1.96. The van der Waals surface area contributed by atoms with Gasteiger partial charge in [-0.05, 0) is 38.5 Å². The SMILES string of the molecule is CCc1[nH]nc(NC2CCC(CC)C2)c1C. The monoisotopic (exact) mass is 221 g/mol. The van der Waals surface area contributed by atoms with Gasteiger partial charge < -0.3 is 5.32 Å². The second kappa shape index (κ2) is 4.89. The van der Waals surface area contributed by atoms with Gasteiger partial charge in [-0.2, -0.15) is 5.10 Å². The minimum atomic E-state index is 0.636. The first kappa shape index (κ1) is 11.5. The summed E-state index contributed by atoms with van der Waals surface area (Å²) in [5, 5.41) is 11.1. The Morgan fingerprint density at radius 2 is 2.19 bits per heavy atom. The zero-order chi connectivity index (χ0) is 11.5. The fourth-order valence-electron chi connectivity index (χ4n) is 2.69. The van der Waals surface area contributed by atoms with Crippen molar-refractivity contribution in [1.82, 2.24) is 10.2 Å². The number of aromatic nitrogens is 2. The highest BCUT2D eigenvalue weighted by Crippen LogP contribution is 2.30. The highest BCUT2D eigenvalue weighted by atomic mass is 15.2. The number of hydrogen-bond donors (Lipinski definition) is 2. The number of anilines is 1. The lowest BCUT2D eigenvalue weighted by atomic mass is 10.1. The molecular formula is C13H23N3. The molecule has 2 unspecified atom stereocenters. The Labute approximate surface area is 98.0 Å². The predicted molar refractivity (Wildman–Crippen MR) is 67.7 cm³/mol. The van der Waals surface area contributed by atoms with Crippen molar-refractivity contribution in [3.05, 3.63) is 11.3 Å². The third-order valence-electron chi connectivity index (χ3n) is 3.92. The number of nitrogens with one attached hydrogen (secondary N) is 2. The van der Waals surface area contributed by atoms with Gasteiger partial charge in [-0.1, -0.05) is 20.3 Å². The van der Waals surface area contributed by atoms with Gasteiger partial charge in [0.25, 0.3) is 0 Å². The summed E-state index contributed by atoms with van der Waals surface area (Å²) in [4.78, 5) is 0. The van der Waals surface area contributed by atoms with E-state index in [4.69, 9.17) is 0 Å². The molecule has 3 heteroatoms. The number of aromatic amines is 1. The zero-order valence-electron chi connectivity index (χ0n) is 10.6. The third kappa shape index (κ3) is 2.23. The second-order valence-electron chi connectivity index (χ2n) is 4.96. The summed E-state index contributed by atoms with van der Waals surface area (Å²) in [7, 11) is 0. The maximum Gasteiger partial charge on any atom is 0.151 e. The minimum absolute atomic E-state index is 0.636. The number of rotatable bonds is 4. The molecule has 3 nitrogen and oxygen atoms in total. The van der Waals surface area contributed by atoms with Crippen LogP contribution in [0.15, 0.2) is 0 Å². The third-order valence-corrected chi connectivity index (χ3v) is 3.92. The molecule has 0 aromatic carbocycles. The van der Waals surface area contributed by atoms with Crippen LogP contribution >= 0.6 is 0 Å². The maximum absolute atomic E-state index is 4.36. The first-order valence-electron chi connectivity index (χ1n) is 6.54. The van der Waals surface area contributed by atoms with Gasteiger partial charge in [0.1, 0.15) is 0 Å². The van der Waals surface area contributed by atoms with Crippen LogP contribution < -0.4 is 5.32 Å². The van der Waals surface area contributed by atoms with E-state index in [2.05, 4.69) is 36.3 Å². The van der Waals surface area contributed by atoms with Crippen LogP contribution in [0.1, 0.15) is 50.8 Å². The lowest BCUT2D eigenvalue weighted by Gasteiger charge is -2.12. The molecule has 1 aliphatic carbocycles. The van der Waals surface area contributed by atoms with Crippen LogP contribution in [0.4, 0.5) is 5.82 Å². The molecule has 1 aromatic heterocycles. The van der Waals surface area contributed by atoms with Crippen LogP contribution in [0.25, 0.3) is 0 Å². The van der Waals surface area contributed by atoms with Gasteiger partial charge in [-0.15, -0.1) is 0 Å². The molecule has 1 aliphatic rings.